The number of halogens is 1. The molecular weight excluding hydrogens is 289 g/mol. The number of aromatic nitrogens is 1. The molecule has 1 aromatic heterocycles. The fraction of sp³-hybridized carbons (Fsp3) is 0.421. The van der Waals surface area contributed by atoms with Gasteiger partial charge in [0.2, 0.25) is 0 Å². The van der Waals surface area contributed by atoms with Crippen LogP contribution >= 0.6 is 0 Å². The van der Waals surface area contributed by atoms with Crippen LogP contribution in [0.4, 0.5) is 10.1 Å². The molecule has 1 heterocycles. The van der Waals surface area contributed by atoms with Gasteiger partial charge < -0.3 is 10.2 Å². The summed E-state index contributed by atoms with van der Waals surface area (Å²) >= 11 is 0. The van der Waals surface area contributed by atoms with Gasteiger partial charge in [0, 0.05) is 37.9 Å². The van der Waals surface area contributed by atoms with Crippen LogP contribution in [0.15, 0.2) is 36.4 Å². The van der Waals surface area contributed by atoms with Gasteiger partial charge in [0.1, 0.15) is 5.82 Å². The second-order valence-corrected chi connectivity index (χ2v) is 6.48. The summed E-state index contributed by atoms with van der Waals surface area (Å²) in [6.07, 6.45) is 0. The minimum atomic E-state index is -0.263. The number of pyridine rings is 1. The van der Waals surface area contributed by atoms with Crippen molar-refractivity contribution in [3.05, 3.63) is 47.9 Å². The van der Waals surface area contributed by atoms with Crippen LogP contribution in [-0.4, -0.2) is 25.1 Å². The Morgan fingerprint density at radius 3 is 2.52 bits per heavy atom. The van der Waals surface area contributed by atoms with Crippen LogP contribution in [0.5, 0.6) is 0 Å². The maximum absolute atomic E-state index is 14.0. The van der Waals surface area contributed by atoms with Crippen molar-refractivity contribution in [3.63, 3.8) is 0 Å². The molecule has 0 radical (unpaired) electrons. The van der Waals surface area contributed by atoms with Crippen molar-refractivity contribution in [2.45, 2.75) is 33.4 Å². The number of benzene rings is 1. The maximum atomic E-state index is 14.0. The highest BCUT2D eigenvalue weighted by molar-refractivity contribution is 5.65. The fourth-order valence-electron chi connectivity index (χ4n) is 2.21. The number of nitrogens with zero attached hydrogens (tertiary/aromatic N) is 2. The minimum absolute atomic E-state index is 0.263. The van der Waals surface area contributed by atoms with Gasteiger partial charge in [0.15, 0.2) is 0 Å². The first-order chi connectivity index (χ1) is 10.9. The van der Waals surface area contributed by atoms with Crippen LogP contribution in [0.3, 0.4) is 0 Å². The standard InChI is InChI=1S/C19H26FN3/c1-13(2)14(3)21-12-19-17(20)9-10-18(22-19)15-7-6-8-16(11-15)23(4)5/h6-11,13-14,21H,12H2,1-5H3/t14-/m1/s1. The first-order valence-electron chi connectivity index (χ1n) is 8.05. The van der Waals surface area contributed by atoms with Gasteiger partial charge in [-0.3, -0.25) is 0 Å². The summed E-state index contributed by atoms with van der Waals surface area (Å²) in [7, 11) is 4.00. The van der Waals surface area contributed by atoms with Gasteiger partial charge in [-0.05, 0) is 37.1 Å². The first-order valence-corrected chi connectivity index (χ1v) is 8.05. The SMILES string of the molecule is CC(C)[C@@H](C)NCc1nc(-c2cccc(N(C)C)c2)ccc1F. The number of nitrogens with one attached hydrogen (secondary N) is 1. The van der Waals surface area contributed by atoms with Crippen molar-refractivity contribution in [3.8, 4) is 11.3 Å². The van der Waals surface area contributed by atoms with Crippen molar-refractivity contribution in [2.24, 2.45) is 5.92 Å². The monoisotopic (exact) mass is 315 g/mol. The van der Waals surface area contributed by atoms with E-state index in [9.17, 15) is 4.39 Å². The molecule has 1 aromatic carbocycles. The Bertz CT molecular complexity index is 653. The Balaban J connectivity index is 2.24. The van der Waals surface area contributed by atoms with Crippen molar-refractivity contribution in [1.82, 2.24) is 10.3 Å². The second kappa shape index (κ2) is 7.55. The molecule has 124 valence electrons. The van der Waals surface area contributed by atoms with Crippen LogP contribution in [0.2, 0.25) is 0 Å². The highest BCUT2D eigenvalue weighted by Gasteiger charge is 2.11. The normalized spacial score (nSPS) is 12.5. The number of rotatable bonds is 6. The van der Waals surface area contributed by atoms with E-state index in [-0.39, 0.29) is 5.82 Å². The number of hydrogen-bond acceptors (Lipinski definition) is 3. The summed E-state index contributed by atoms with van der Waals surface area (Å²) in [6, 6.07) is 11.7. The van der Waals surface area contributed by atoms with Crippen molar-refractivity contribution in [1.29, 1.82) is 0 Å². The lowest BCUT2D eigenvalue weighted by Crippen LogP contribution is -2.30. The maximum Gasteiger partial charge on any atom is 0.146 e. The average molecular weight is 315 g/mol. The lowest BCUT2D eigenvalue weighted by atomic mass is 10.1. The second-order valence-electron chi connectivity index (χ2n) is 6.48. The van der Waals surface area contributed by atoms with Crippen molar-refractivity contribution < 1.29 is 4.39 Å². The van der Waals surface area contributed by atoms with E-state index in [0.29, 0.717) is 24.2 Å². The Hall–Kier alpha value is -1.94. The van der Waals surface area contributed by atoms with E-state index in [1.54, 1.807) is 6.07 Å². The van der Waals surface area contributed by atoms with Crippen LogP contribution in [-0.2, 0) is 6.54 Å². The van der Waals surface area contributed by atoms with E-state index in [1.807, 2.05) is 37.2 Å². The predicted octanol–water partition coefficient (Wildman–Crippen LogP) is 4.09. The molecule has 23 heavy (non-hydrogen) atoms. The summed E-state index contributed by atoms with van der Waals surface area (Å²) in [5.74, 6) is 0.235. The molecule has 2 aromatic rings. The third-order valence-electron chi connectivity index (χ3n) is 4.17. The average Bonchev–Trinajstić information content (AvgIpc) is 2.53. The topological polar surface area (TPSA) is 28.2 Å². The van der Waals surface area contributed by atoms with Gasteiger partial charge in [-0.1, -0.05) is 26.0 Å². The van der Waals surface area contributed by atoms with E-state index < -0.39 is 0 Å². The van der Waals surface area contributed by atoms with E-state index in [4.69, 9.17) is 0 Å². The lowest BCUT2D eigenvalue weighted by molar-refractivity contribution is 0.418. The molecule has 1 N–H and O–H groups in total. The van der Waals surface area contributed by atoms with Crippen LogP contribution in [0.1, 0.15) is 26.5 Å². The molecule has 0 saturated carbocycles. The molecule has 0 bridgehead atoms. The summed E-state index contributed by atoms with van der Waals surface area (Å²) in [5.41, 5.74) is 3.35. The predicted molar refractivity (Wildman–Crippen MR) is 95.1 cm³/mol. The van der Waals surface area contributed by atoms with E-state index in [0.717, 1.165) is 16.9 Å². The third-order valence-corrected chi connectivity index (χ3v) is 4.17. The van der Waals surface area contributed by atoms with Crippen LogP contribution < -0.4 is 10.2 Å². The highest BCUT2D eigenvalue weighted by atomic mass is 19.1. The molecular formula is C19H26FN3. The molecule has 0 saturated heterocycles. The van der Waals surface area contributed by atoms with Gasteiger partial charge in [0.25, 0.3) is 0 Å². The molecule has 0 fully saturated rings. The molecule has 1 atom stereocenters. The van der Waals surface area contributed by atoms with Crippen LogP contribution in [0, 0.1) is 11.7 Å². The molecule has 0 aliphatic heterocycles. The van der Waals surface area contributed by atoms with Crippen molar-refractivity contribution >= 4 is 5.69 Å². The molecule has 0 aliphatic rings. The lowest BCUT2D eigenvalue weighted by Gasteiger charge is -2.18. The van der Waals surface area contributed by atoms with E-state index >= 15 is 0 Å². The van der Waals surface area contributed by atoms with Gasteiger partial charge in [-0.15, -0.1) is 0 Å². The smallest absolute Gasteiger partial charge is 0.146 e. The van der Waals surface area contributed by atoms with E-state index in [1.165, 1.54) is 6.07 Å². The Morgan fingerprint density at radius 2 is 1.87 bits per heavy atom. The largest absolute Gasteiger partial charge is 0.378 e. The quantitative estimate of drug-likeness (QED) is 0.870. The Morgan fingerprint density at radius 1 is 1.13 bits per heavy atom. The minimum Gasteiger partial charge on any atom is -0.378 e. The van der Waals surface area contributed by atoms with Crippen LogP contribution in [0.25, 0.3) is 11.3 Å². The van der Waals surface area contributed by atoms with Crippen molar-refractivity contribution in [2.75, 3.05) is 19.0 Å². The number of anilines is 1. The molecule has 2 rings (SSSR count). The molecule has 0 aliphatic carbocycles. The Kier molecular flexibility index (Phi) is 5.72. The summed E-state index contributed by atoms with van der Waals surface area (Å²) in [4.78, 5) is 6.56. The Labute approximate surface area is 138 Å². The summed E-state index contributed by atoms with van der Waals surface area (Å²) < 4.78 is 14.0. The molecule has 0 amide bonds. The zero-order valence-electron chi connectivity index (χ0n) is 14.6. The summed E-state index contributed by atoms with van der Waals surface area (Å²) in [6.45, 7) is 6.83. The van der Waals surface area contributed by atoms with Gasteiger partial charge >= 0.3 is 0 Å². The van der Waals surface area contributed by atoms with E-state index in [2.05, 4.69) is 37.1 Å². The zero-order chi connectivity index (χ0) is 17.0. The molecule has 0 unspecified atom stereocenters. The molecule has 3 nitrogen and oxygen atoms in total. The van der Waals surface area contributed by atoms with Gasteiger partial charge in [-0.25, -0.2) is 9.37 Å². The summed E-state index contributed by atoms with van der Waals surface area (Å²) in [5, 5.41) is 3.34. The fourth-order valence-corrected chi connectivity index (χ4v) is 2.21. The first kappa shape index (κ1) is 17.4. The molecule has 0 spiro atoms. The van der Waals surface area contributed by atoms with Gasteiger partial charge in [0.05, 0.1) is 11.4 Å². The number of hydrogen-bond donors (Lipinski definition) is 1. The zero-order valence-corrected chi connectivity index (χ0v) is 14.6. The highest BCUT2D eigenvalue weighted by Crippen LogP contribution is 2.23. The van der Waals surface area contributed by atoms with Gasteiger partial charge in [-0.2, -0.15) is 0 Å². The third kappa shape index (κ3) is 4.52. The molecule has 4 heteroatoms.